The zero-order valence-corrected chi connectivity index (χ0v) is 6.92. The lowest BCUT2D eigenvalue weighted by molar-refractivity contribution is 0.193. The minimum Gasteiger partial charge on any atom is -0.380 e. The Kier molecular flexibility index (Phi) is 4.49. The Hall–Kier alpha value is 0.400. The predicted octanol–water partition coefficient (Wildman–Crippen LogP) is 0.502. The number of aliphatic hydroxyl groups is 1. The lowest BCUT2D eigenvalue weighted by Crippen LogP contribution is -2.06. The molecule has 0 radical (unpaired) electrons. The minimum absolute atomic E-state index is 0.0494. The molecule has 0 bridgehead atoms. The summed E-state index contributed by atoms with van der Waals surface area (Å²) in [7, 11) is -4.29. The van der Waals surface area contributed by atoms with Gasteiger partial charge in [-0.3, -0.25) is 4.57 Å². The summed E-state index contributed by atoms with van der Waals surface area (Å²) in [6.07, 6.45) is 0.460. The Morgan fingerprint density at radius 1 is 1.50 bits per heavy atom. The molecule has 4 nitrogen and oxygen atoms in total. The van der Waals surface area contributed by atoms with Gasteiger partial charge in [0.05, 0.1) is 0 Å². The molecule has 0 aliphatic rings. The van der Waals surface area contributed by atoms with Gasteiger partial charge in [-0.05, 0) is 12.8 Å². The summed E-state index contributed by atoms with van der Waals surface area (Å²) in [4.78, 5) is 16.7. The van der Waals surface area contributed by atoms with E-state index in [1.165, 1.54) is 0 Å². The molecular weight excluding hydrogens is 178 g/mol. The van der Waals surface area contributed by atoms with E-state index in [-0.39, 0.29) is 6.42 Å². The number of alkyl halides is 1. The zero-order chi connectivity index (χ0) is 8.20. The number of rotatable bonds is 4. The molecule has 10 heavy (non-hydrogen) atoms. The van der Waals surface area contributed by atoms with Crippen LogP contribution in [0.1, 0.15) is 12.8 Å². The summed E-state index contributed by atoms with van der Waals surface area (Å²) in [5.74, 6) is -1.25. The minimum atomic E-state index is -4.29. The molecule has 0 aromatic heterocycles. The molecule has 0 saturated heterocycles. The first-order valence-electron chi connectivity index (χ1n) is 2.77. The van der Waals surface area contributed by atoms with Crippen molar-refractivity contribution in [2.24, 2.45) is 0 Å². The number of hydrogen-bond donors (Lipinski definition) is 3. The number of hydrogen-bond acceptors (Lipinski definition) is 2. The molecule has 3 N–H and O–H groups in total. The van der Waals surface area contributed by atoms with Gasteiger partial charge in [-0.2, -0.15) is 0 Å². The quantitative estimate of drug-likeness (QED) is 0.444. The Morgan fingerprint density at radius 3 is 2.30 bits per heavy atom. The summed E-state index contributed by atoms with van der Waals surface area (Å²) in [5.41, 5.74) is 0. The van der Waals surface area contributed by atoms with Crippen molar-refractivity contribution in [2.75, 3.05) is 5.88 Å². The fourth-order valence-corrected chi connectivity index (χ4v) is 1.10. The summed E-state index contributed by atoms with van der Waals surface area (Å²) < 4.78 is 10.2. The van der Waals surface area contributed by atoms with Crippen LogP contribution >= 0.6 is 19.2 Å². The van der Waals surface area contributed by atoms with Gasteiger partial charge >= 0.3 is 7.60 Å². The third kappa shape index (κ3) is 4.25. The van der Waals surface area contributed by atoms with Crippen LogP contribution in [-0.2, 0) is 4.57 Å². The van der Waals surface area contributed by atoms with Crippen molar-refractivity contribution in [3.63, 3.8) is 0 Å². The molecule has 0 aromatic rings. The normalized spacial score (nSPS) is 15.2. The van der Waals surface area contributed by atoms with E-state index < -0.39 is 13.4 Å². The van der Waals surface area contributed by atoms with Gasteiger partial charge in [0.2, 0.25) is 0 Å². The standard InChI is InChI=1S/C4H10ClO4P/c5-3-1-2-4(6)10(7,8)9/h4,6H,1-3H2,(H2,7,8,9). The lowest BCUT2D eigenvalue weighted by atomic mass is 10.4. The van der Waals surface area contributed by atoms with Crippen LogP contribution in [-0.4, -0.2) is 26.6 Å². The van der Waals surface area contributed by atoms with Crippen molar-refractivity contribution in [3.05, 3.63) is 0 Å². The van der Waals surface area contributed by atoms with Crippen LogP contribution in [0.2, 0.25) is 0 Å². The average molecular weight is 189 g/mol. The maximum absolute atomic E-state index is 10.2. The third-order valence-electron chi connectivity index (χ3n) is 0.984. The van der Waals surface area contributed by atoms with Gasteiger partial charge in [0.1, 0.15) is 0 Å². The van der Waals surface area contributed by atoms with Crippen LogP contribution in [0.15, 0.2) is 0 Å². The van der Waals surface area contributed by atoms with E-state index in [0.29, 0.717) is 12.3 Å². The van der Waals surface area contributed by atoms with E-state index >= 15 is 0 Å². The van der Waals surface area contributed by atoms with Gasteiger partial charge in [0.15, 0.2) is 5.85 Å². The van der Waals surface area contributed by atoms with E-state index in [1.807, 2.05) is 0 Å². The maximum Gasteiger partial charge on any atom is 0.353 e. The highest BCUT2D eigenvalue weighted by Crippen LogP contribution is 2.41. The van der Waals surface area contributed by atoms with Gasteiger partial charge in [-0.25, -0.2) is 0 Å². The van der Waals surface area contributed by atoms with Gasteiger partial charge < -0.3 is 14.9 Å². The SMILES string of the molecule is O=P(O)(O)C(O)CCCCl. The van der Waals surface area contributed by atoms with Crippen LogP contribution in [0, 0.1) is 0 Å². The molecule has 0 aromatic carbocycles. The Bertz CT molecular complexity index is 133. The molecule has 0 aliphatic heterocycles. The molecule has 0 rings (SSSR count). The molecule has 62 valence electrons. The van der Waals surface area contributed by atoms with Crippen molar-refractivity contribution >= 4 is 19.2 Å². The van der Waals surface area contributed by atoms with Crippen molar-refractivity contribution in [3.8, 4) is 0 Å². The average Bonchev–Trinajstić information content (AvgIpc) is 1.80. The van der Waals surface area contributed by atoms with Gasteiger partial charge in [-0.15, -0.1) is 11.6 Å². The van der Waals surface area contributed by atoms with Crippen LogP contribution in [0.3, 0.4) is 0 Å². The summed E-state index contributed by atoms with van der Waals surface area (Å²) in [5, 5.41) is 8.70. The van der Waals surface area contributed by atoms with Crippen LogP contribution < -0.4 is 0 Å². The Morgan fingerprint density at radius 2 is 2.00 bits per heavy atom. The van der Waals surface area contributed by atoms with Crippen molar-refractivity contribution < 1.29 is 19.5 Å². The second kappa shape index (κ2) is 4.31. The fraction of sp³-hybridized carbons (Fsp3) is 1.00. The fourth-order valence-electron chi connectivity index (χ4n) is 0.428. The van der Waals surface area contributed by atoms with Crippen LogP contribution in [0.25, 0.3) is 0 Å². The molecule has 0 amide bonds. The molecule has 0 fully saturated rings. The second-order valence-corrected chi connectivity index (χ2v) is 4.05. The molecule has 0 aliphatic carbocycles. The molecular formula is C4H10ClO4P. The van der Waals surface area contributed by atoms with E-state index in [0.717, 1.165) is 0 Å². The first-order chi connectivity index (χ1) is 4.48. The monoisotopic (exact) mass is 188 g/mol. The van der Waals surface area contributed by atoms with Gasteiger partial charge in [-0.1, -0.05) is 0 Å². The van der Waals surface area contributed by atoms with Crippen molar-refractivity contribution in [2.45, 2.75) is 18.7 Å². The van der Waals surface area contributed by atoms with Gasteiger partial charge in [0.25, 0.3) is 0 Å². The maximum atomic E-state index is 10.2. The second-order valence-electron chi connectivity index (χ2n) is 1.90. The molecule has 1 atom stereocenters. The summed E-state index contributed by atoms with van der Waals surface area (Å²) in [6, 6.07) is 0. The number of aliphatic hydroxyl groups excluding tert-OH is 1. The Balaban J connectivity index is 3.63. The largest absolute Gasteiger partial charge is 0.380 e. The predicted molar refractivity (Wildman–Crippen MR) is 38.0 cm³/mol. The summed E-state index contributed by atoms with van der Waals surface area (Å²) >= 11 is 5.23. The third-order valence-corrected chi connectivity index (χ3v) is 2.29. The Labute approximate surface area is 64.0 Å². The highest BCUT2D eigenvalue weighted by atomic mass is 35.5. The van der Waals surface area contributed by atoms with Crippen molar-refractivity contribution in [1.82, 2.24) is 0 Å². The molecule has 0 heterocycles. The van der Waals surface area contributed by atoms with E-state index in [4.69, 9.17) is 26.5 Å². The van der Waals surface area contributed by atoms with Crippen LogP contribution in [0.4, 0.5) is 0 Å². The summed E-state index contributed by atoms with van der Waals surface area (Å²) in [6.45, 7) is 0. The number of halogens is 1. The lowest BCUT2D eigenvalue weighted by Gasteiger charge is -2.10. The smallest absolute Gasteiger partial charge is 0.353 e. The zero-order valence-electron chi connectivity index (χ0n) is 5.27. The van der Waals surface area contributed by atoms with Crippen LogP contribution in [0.5, 0.6) is 0 Å². The van der Waals surface area contributed by atoms with Crippen molar-refractivity contribution in [1.29, 1.82) is 0 Å². The molecule has 0 saturated carbocycles. The highest BCUT2D eigenvalue weighted by Gasteiger charge is 2.24. The topological polar surface area (TPSA) is 77.8 Å². The molecule has 1 unspecified atom stereocenters. The first kappa shape index (κ1) is 10.4. The molecule has 0 spiro atoms. The van der Waals surface area contributed by atoms with E-state index in [9.17, 15) is 4.57 Å². The molecule has 6 heteroatoms. The van der Waals surface area contributed by atoms with E-state index in [2.05, 4.69) is 0 Å². The first-order valence-corrected chi connectivity index (χ1v) is 4.99. The highest BCUT2D eigenvalue weighted by molar-refractivity contribution is 7.52. The van der Waals surface area contributed by atoms with E-state index in [1.54, 1.807) is 0 Å². The van der Waals surface area contributed by atoms with Gasteiger partial charge in [0, 0.05) is 5.88 Å².